The first-order chi connectivity index (χ1) is 3.80. The van der Waals surface area contributed by atoms with Crippen molar-refractivity contribution in [3.8, 4) is 0 Å². The van der Waals surface area contributed by atoms with Gasteiger partial charge in [-0.05, 0) is 6.07 Å². The third-order valence-electron chi connectivity index (χ3n) is 0.841. The topological polar surface area (TPSA) is 53.6 Å². The van der Waals surface area contributed by atoms with Crippen molar-refractivity contribution in [2.24, 2.45) is 0 Å². The molecule has 0 bridgehead atoms. The molecule has 1 rings (SSSR count). The molecule has 1 heterocycles. The number of hydrogen-bond acceptors (Lipinski definition) is 3. The first-order valence-electron chi connectivity index (χ1n) is 2.19. The van der Waals surface area contributed by atoms with Crippen LogP contribution in [0.5, 0.6) is 0 Å². The Kier molecular flexibility index (Phi) is 1.32. The Labute approximate surface area is 46.2 Å². The fraction of sp³-hybridized carbons (Fsp3) is 0.200. The Morgan fingerprint density at radius 1 is 1.50 bits per heavy atom. The van der Waals surface area contributed by atoms with E-state index in [-0.39, 0.29) is 0 Å². The van der Waals surface area contributed by atoms with Gasteiger partial charge in [0.25, 0.3) is 0 Å². The lowest BCUT2D eigenvalue weighted by Gasteiger charge is -1.93. The van der Waals surface area contributed by atoms with E-state index in [9.17, 15) is 0 Å². The lowest BCUT2D eigenvalue weighted by atomic mass is 10.3. The van der Waals surface area contributed by atoms with Crippen molar-refractivity contribution in [1.82, 2.24) is 0 Å². The molecule has 0 fully saturated rings. The summed E-state index contributed by atoms with van der Waals surface area (Å²) in [5.74, 6) is 0. The summed E-state index contributed by atoms with van der Waals surface area (Å²) in [7, 11) is 0. The van der Waals surface area contributed by atoms with E-state index in [0.717, 1.165) is 0 Å². The van der Waals surface area contributed by atoms with Crippen LogP contribution in [0.2, 0.25) is 0 Å². The van der Waals surface area contributed by atoms with Crippen LogP contribution in [0.4, 0.5) is 0 Å². The van der Waals surface area contributed by atoms with Gasteiger partial charge in [0, 0.05) is 5.56 Å². The lowest BCUT2D eigenvalue weighted by molar-refractivity contribution is -0.0428. The average molecular weight is 114 g/mol. The van der Waals surface area contributed by atoms with E-state index < -0.39 is 6.29 Å². The Hall–Kier alpha value is -0.800. The third kappa shape index (κ3) is 0.882. The molecule has 44 valence electrons. The van der Waals surface area contributed by atoms with E-state index in [1.807, 2.05) is 0 Å². The molecule has 0 aromatic carbocycles. The molecule has 0 radical (unpaired) electrons. The third-order valence-corrected chi connectivity index (χ3v) is 0.841. The first kappa shape index (κ1) is 5.34. The van der Waals surface area contributed by atoms with Gasteiger partial charge in [-0.3, -0.25) is 0 Å². The zero-order valence-corrected chi connectivity index (χ0v) is 4.11. The summed E-state index contributed by atoms with van der Waals surface area (Å²) in [6.45, 7) is 0. The molecule has 0 saturated carbocycles. The molecule has 2 N–H and O–H groups in total. The molecule has 0 aliphatic carbocycles. The number of aliphatic hydroxyl groups is 2. The van der Waals surface area contributed by atoms with E-state index in [0.29, 0.717) is 5.56 Å². The molecule has 0 unspecified atom stereocenters. The Balaban J connectivity index is 2.77. The SMILES string of the molecule is OC(O)c1ccoc1. The average Bonchev–Trinajstić information content (AvgIpc) is 2.12. The minimum Gasteiger partial charge on any atom is -0.472 e. The molecule has 3 heteroatoms. The highest BCUT2D eigenvalue weighted by molar-refractivity contribution is 5.05. The second kappa shape index (κ2) is 1.98. The Morgan fingerprint density at radius 2 is 2.25 bits per heavy atom. The lowest BCUT2D eigenvalue weighted by Crippen LogP contribution is -1.89. The van der Waals surface area contributed by atoms with Crippen LogP contribution in [0.1, 0.15) is 11.9 Å². The summed E-state index contributed by atoms with van der Waals surface area (Å²) in [5.41, 5.74) is 0.380. The van der Waals surface area contributed by atoms with Crippen LogP contribution in [-0.2, 0) is 0 Å². The van der Waals surface area contributed by atoms with Gasteiger partial charge < -0.3 is 14.6 Å². The van der Waals surface area contributed by atoms with Crippen LogP contribution in [0.25, 0.3) is 0 Å². The second-order valence-electron chi connectivity index (χ2n) is 1.43. The molecular formula is C5H6O3. The molecule has 0 aliphatic heterocycles. The monoisotopic (exact) mass is 114 g/mol. The van der Waals surface area contributed by atoms with Crippen molar-refractivity contribution < 1.29 is 14.6 Å². The van der Waals surface area contributed by atoms with E-state index in [4.69, 9.17) is 10.2 Å². The van der Waals surface area contributed by atoms with E-state index >= 15 is 0 Å². The molecule has 3 nitrogen and oxygen atoms in total. The highest BCUT2D eigenvalue weighted by Gasteiger charge is 2.00. The largest absolute Gasteiger partial charge is 0.472 e. The van der Waals surface area contributed by atoms with Gasteiger partial charge in [-0.25, -0.2) is 0 Å². The summed E-state index contributed by atoms with van der Waals surface area (Å²) in [5, 5.41) is 16.8. The molecule has 8 heavy (non-hydrogen) atoms. The zero-order chi connectivity index (χ0) is 5.98. The van der Waals surface area contributed by atoms with Gasteiger partial charge in [-0.1, -0.05) is 0 Å². The van der Waals surface area contributed by atoms with Crippen LogP contribution in [0.3, 0.4) is 0 Å². The number of aliphatic hydroxyl groups excluding tert-OH is 1. The van der Waals surface area contributed by atoms with Gasteiger partial charge in [-0.2, -0.15) is 0 Å². The summed E-state index contributed by atoms with van der Waals surface area (Å²) < 4.78 is 4.56. The molecule has 0 aliphatic rings. The molecule has 0 spiro atoms. The molecule has 1 aromatic heterocycles. The van der Waals surface area contributed by atoms with Gasteiger partial charge in [-0.15, -0.1) is 0 Å². The van der Waals surface area contributed by atoms with Gasteiger partial charge in [0.1, 0.15) is 0 Å². The fourth-order valence-corrected chi connectivity index (χ4v) is 0.422. The standard InChI is InChI=1S/C5H6O3/c6-5(7)4-1-2-8-3-4/h1-3,5-7H. The van der Waals surface area contributed by atoms with Crippen molar-refractivity contribution >= 4 is 0 Å². The normalized spacial score (nSPS) is 10.4. The molecule has 0 atom stereocenters. The number of hydrogen-bond donors (Lipinski definition) is 2. The van der Waals surface area contributed by atoms with Crippen molar-refractivity contribution in [3.05, 3.63) is 24.2 Å². The molecule has 1 aromatic rings. The van der Waals surface area contributed by atoms with E-state index in [1.54, 1.807) is 0 Å². The summed E-state index contributed by atoms with van der Waals surface area (Å²) >= 11 is 0. The molecular weight excluding hydrogens is 108 g/mol. The van der Waals surface area contributed by atoms with Crippen molar-refractivity contribution in [3.63, 3.8) is 0 Å². The van der Waals surface area contributed by atoms with Crippen LogP contribution in [0.15, 0.2) is 23.0 Å². The van der Waals surface area contributed by atoms with Gasteiger partial charge in [0.05, 0.1) is 12.5 Å². The smallest absolute Gasteiger partial charge is 0.181 e. The van der Waals surface area contributed by atoms with E-state index in [2.05, 4.69) is 4.42 Å². The van der Waals surface area contributed by atoms with Crippen LogP contribution in [-0.4, -0.2) is 10.2 Å². The first-order valence-corrected chi connectivity index (χ1v) is 2.19. The number of rotatable bonds is 1. The maximum absolute atomic E-state index is 8.41. The van der Waals surface area contributed by atoms with Crippen LogP contribution >= 0.6 is 0 Å². The minimum absolute atomic E-state index is 0.380. The quantitative estimate of drug-likeness (QED) is 0.515. The fourth-order valence-electron chi connectivity index (χ4n) is 0.422. The number of furan rings is 1. The second-order valence-corrected chi connectivity index (χ2v) is 1.43. The summed E-state index contributed by atoms with van der Waals surface area (Å²) in [4.78, 5) is 0. The van der Waals surface area contributed by atoms with Gasteiger partial charge in [0.15, 0.2) is 6.29 Å². The van der Waals surface area contributed by atoms with Gasteiger partial charge in [0.2, 0.25) is 0 Å². The maximum atomic E-state index is 8.41. The highest BCUT2D eigenvalue weighted by atomic mass is 16.5. The van der Waals surface area contributed by atoms with Gasteiger partial charge >= 0.3 is 0 Å². The van der Waals surface area contributed by atoms with Crippen molar-refractivity contribution in [2.75, 3.05) is 0 Å². The van der Waals surface area contributed by atoms with Crippen molar-refractivity contribution in [2.45, 2.75) is 6.29 Å². The highest BCUT2D eigenvalue weighted by Crippen LogP contribution is 2.07. The summed E-state index contributed by atoms with van der Waals surface area (Å²) in [6.07, 6.45) is 1.26. The summed E-state index contributed by atoms with van der Waals surface area (Å²) in [6, 6.07) is 1.49. The Morgan fingerprint density at radius 3 is 2.50 bits per heavy atom. The van der Waals surface area contributed by atoms with Crippen LogP contribution in [0, 0.1) is 0 Å². The molecule has 0 saturated heterocycles. The van der Waals surface area contributed by atoms with Crippen LogP contribution < -0.4 is 0 Å². The predicted molar refractivity (Wildman–Crippen MR) is 25.9 cm³/mol. The maximum Gasteiger partial charge on any atom is 0.181 e. The zero-order valence-electron chi connectivity index (χ0n) is 4.11. The molecule has 0 amide bonds. The predicted octanol–water partition coefficient (Wildman–Crippen LogP) is 0.263. The van der Waals surface area contributed by atoms with E-state index in [1.165, 1.54) is 18.6 Å². The van der Waals surface area contributed by atoms with Crippen molar-refractivity contribution in [1.29, 1.82) is 0 Å². The Bertz CT molecular complexity index is 143. The minimum atomic E-state index is -1.41.